The van der Waals surface area contributed by atoms with Crippen molar-refractivity contribution in [2.24, 2.45) is 17.3 Å². The third-order valence-electron chi connectivity index (χ3n) is 9.20. The van der Waals surface area contributed by atoms with E-state index in [1.807, 2.05) is 37.6 Å². The van der Waals surface area contributed by atoms with E-state index in [9.17, 15) is 13.9 Å². The summed E-state index contributed by atoms with van der Waals surface area (Å²) in [7, 11) is 0. The number of rotatable bonds is 8. The maximum absolute atomic E-state index is 14.3. The number of likely N-dealkylation sites (tertiary alicyclic amines) is 1. The summed E-state index contributed by atoms with van der Waals surface area (Å²) in [5.41, 5.74) is 6.81. The van der Waals surface area contributed by atoms with Gasteiger partial charge in [-0.1, -0.05) is 33.1 Å². The lowest BCUT2D eigenvalue weighted by atomic mass is 9.92. The number of phenols is 1. The molecule has 6 rings (SSSR count). The number of fused-ring (bicyclic) bond motifs is 2. The van der Waals surface area contributed by atoms with Gasteiger partial charge < -0.3 is 15.3 Å². The number of imidazole rings is 1. The van der Waals surface area contributed by atoms with E-state index in [-0.39, 0.29) is 11.3 Å². The Labute approximate surface area is 258 Å². The molecule has 2 aliphatic rings. The van der Waals surface area contributed by atoms with Crippen LogP contribution in [0.15, 0.2) is 74.9 Å². The van der Waals surface area contributed by atoms with E-state index in [4.69, 9.17) is 0 Å². The zero-order valence-electron chi connectivity index (χ0n) is 26.2. The normalized spacial score (nSPS) is 18.7. The Balaban J connectivity index is 0.000000177. The lowest BCUT2D eigenvalue weighted by Gasteiger charge is -2.24. The van der Waals surface area contributed by atoms with Gasteiger partial charge in [0.15, 0.2) is 11.6 Å². The Kier molecular flexibility index (Phi) is 8.38. The van der Waals surface area contributed by atoms with E-state index in [0.29, 0.717) is 17.4 Å². The molecular formula is C36H41F2N5O. The number of benzene rings is 2. The second-order valence-corrected chi connectivity index (χ2v) is 12.6. The summed E-state index contributed by atoms with van der Waals surface area (Å²) >= 11 is 0. The summed E-state index contributed by atoms with van der Waals surface area (Å²) in [6, 6.07) is 5.57. The van der Waals surface area contributed by atoms with Gasteiger partial charge in [-0.15, -0.1) is 6.58 Å². The maximum Gasteiger partial charge on any atom is 0.234 e. The molecule has 2 aromatic carbocycles. The third-order valence-corrected chi connectivity index (χ3v) is 9.20. The smallest absolute Gasteiger partial charge is 0.234 e. The summed E-state index contributed by atoms with van der Waals surface area (Å²) in [6.45, 7) is 24.2. The van der Waals surface area contributed by atoms with Crippen molar-refractivity contribution in [1.82, 2.24) is 24.6 Å². The number of hydrogen-bond acceptors (Lipinski definition) is 5. The highest BCUT2D eigenvalue weighted by Gasteiger charge is 2.62. The molecule has 4 aromatic rings. The number of aromatic nitrogens is 3. The SMILES string of the molecule is C=C(c1cn2cc(C)cnc2n1)N1CC2C(C1)C2(C)C.C=CCC(NC=C)c1cc(-c2c(C)cc(O)cc2C)cc(F)c1F. The van der Waals surface area contributed by atoms with Gasteiger partial charge in [0.05, 0.1) is 11.7 Å². The van der Waals surface area contributed by atoms with E-state index in [0.717, 1.165) is 64.3 Å². The first-order chi connectivity index (χ1) is 20.8. The van der Waals surface area contributed by atoms with Crippen LogP contribution >= 0.6 is 0 Å². The molecule has 0 bridgehead atoms. The van der Waals surface area contributed by atoms with Crippen molar-refractivity contribution in [2.75, 3.05) is 13.1 Å². The van der Waals surface area contributed by atoms with E-state index < -0.39 is 17.7 Å². The van der Waals surface area contributed by atoms with Gasteiger partial charge in [-0.25, -0.2) is 18.7 Å². The topological polar surface area (TPSA) is 65.7 Å². The summed E-state index contributed by atoms with van der Waals surface area (Å²) < 4.78 is 30.5. The van der Waals surface area contributed by atoms with Crippen molar-refractivity contribution in [3.05, 3.63) is 114 Å². The zero-order valence-corrected chi connectivity index (χ0v) is 26.2. The molecule has 1 saturated carbocycles. The van der Waals surface area contributed by atoms with Crippen LogP contribution in [0.5, 0.6) is 5.75 Å². The van der Waals surface area contributed by atoms with Gasteiger partial charge in [0.25, 0.3) is 0 Å². The zero-order chi connectivity index (χ0) is 31.9. The summed E-state index contributed by atoms with van der Waals surface area (Å²) in [4.78, 5) is 11.3. The average molecular weight is 598 g/mol. The molecule has 1 saturated heterocycles. The van der Waals surface area contributed by atoms with Crippen LogP contribution in [0.1, 0.15) is 54.3 Å². The van der Waals surface area contributed by atoms with Crippen molar-refractivity contribution in [3.8, 4) is 16.9 Å². The maximum atomic E-state index is 14.3. The van der Waals surface area contributed by atoms with E-state index >= 15 is 0 Å². The van der Waals surface area contributed by atoms with Gasteiger partial charge in [0.1, 0.15) is 11.4 Å². The number of phenolic OH excluding ortho intramolecular Hbond substituents is 1. The Bertz CT molecular complexity index is 1710. The predicted molar refractivity (Wildman–Crippen MR) is 173 cm³/mol. The van der Waals surface area contributed by atoms with Gasteiger partial charge >= 0.3 is 0 Å². The Morgan fingerprint density at radius 3 is 2.36 bits per heavy atom. The van der Waals surface area contributed by atoms with E-state index in [1.165, 1.54) is 12.3 Å². The fourth-order valence-electron chi connectivity index (χ4n) is 6.64. The molecule has 2 fully saturated rings. The minimum absolute atomic E-state index is 0.148. The number of aromatic hydroxyl groups is 1. The van der Waals surface area contributed by atoms with Gasteiger partial charge in [-0.3, -0.25) is 4.40 Å². The van der Waals surface area contributed by atoms with Crippen LogP contribution in [0, 0.1) is 49.7 Å². The molecule has 1 aliphatic carbocycles. The summed E-state index contributed by atoms with van der Waals surface area (Å²) in [5, 5.41) is 12.6. The molecule has 8 heteroatoms. The number of nitrogens with one attached hydrogen (secondary N) is 1. The highest BCUT2D eigenvalue weighted by molar-refractivity contribution is 5.72. The minimum atomic E-state index is -0.908. The molecule has 3 heterocycles. The lowest BCUT2D eigenvalue weighted by Crippen LogP contribution is -2.24. The number of piperidine rings is 1. The standard InChI is InChI=1S/C20H21F2NO.C16H20N4/c1-5-7-18(23-6-2)16-10-14(11-17(21)20(16)22)19-12(3)8-15(24)9-13(19)4;1-10-5-17-15-18-14(9-20(15)6-10)11(2)19-7-12-13(8-19)16(12,3)4/h5-6,8-11,18,23-24H,1-2,7H2,3-4H3;5-6,9,12-13H,2,7-8H2,1,3-4H3. The monoisotopic (exact) mass is 597 g/mol. The van der Waals surface area contributed by atoms with Gasteiger partial charge in [0, 0.05) is 37.2 Å². The molecule has 3 unspecified atom stereocenters. The highest BCUT2D eigenvalue weighted by atomic mass is 19.2. The second kappa shape index (κ2) is 11.9. The molecule has 0 radical (unpaired) electrons. The fourth-order valence-corrected chi connectivity index (χ4v) is 6.64. The first-order valence-electron chi connectivity index (χ1n) is 14.9. The Hall–Kier alpha value is -4.46. The number of halogens is 2. The fraction of sp³-hybridized carbons (Fsp3) is 0.333. The second-order valence-electron chi connectivity index (χ2n) is 12.6. The van der Waals surface area contributed by atoms with Crippen molar-refractivity contribution >= 4 is 11.5 Å². The molecule has 1 aliphatic heterocycles. The number of nitrogens with zero attached hydrogens (tertiary/aromatic N) is 4. The van der Waals surface area contributed by atoms with Crippen molar-refractivity contribution in [1.29, 1.82) is 0 Å². The van der Waals surface area contributed by atoms with Crippen molar-refractivity contribution < 1.29 is 13.9 Å². The summed E-state index contributed by atoms with van der Waals surface area (Å²) in [6.07, 6.45) is 9.46. The van der Waals surface area contributed by atoms with Crippen LogP contribution in [-0.4, -0.2) is 37.5 Å². The van der Waals surface area contributed by atoms with Crippen molar-refractivity contribution in [3.63, 3.8) is 0 Å². The van der Waals surface area contributed by atoms with Crippen LogP contribution < -0.4 is 5.32 Å². The lowest BCUT2D eigenvalue weighted by molar-refractivity contribution is 0.348. The van der Waals surface area contributed by atoms with Gasteiger partial charge in [-0.05, 0) is 103 Å². The Morgan fingerprint density at radius 1 is 1.09 bits per heavy atom. The molecule has 44 heavy (non-hydrogen) atoms. The molecule has 0 amide bonds. The molecule has 2 N–H and O–H groups in total. The van der Waals surface area contributed by atoms with Crippen LogP contribution in [0.2, 0.25) is 0 Å². The van der Waals surface area contributed by atoms with E-state index in [2.05, 4.69) is 60.0 Å². The largest absolute Gasteiger partial charge is 0.508 e. The van der Waals surface area contributed by atoms with Gasteiger partial charge in [-0.2, -0.15) is 0 Å². The van der Waals surface area contributed by atoms with Crippen LogP contribution in [0.3, 0.4) is 0 Å². The molecular weight excluding hydrogens is 556 g/mol. The predicted octanol–water partition coefficient (Wildman–Crippen LogP) is 7.90. The number of hydrogen-bond donors (Lipinski definition) is 2. The molecule has 0 spiro atoms. The quantitative estimate of drug-likeness (QED) is 0.202. The molecule has 3 atom stereocenters. The van der Waals surface area contributed by atoms with Crippen LogP contribution in [0.4, 0.5) is 8.78 Å². The Morgan fingerprint density at radius 2 is 1.75 bits per heavy atom. The highest BCUT2D eigenvalue weighted by Crippen LogP contribution is 2.62. The molecule has 6 nitrogen and oxygen atoms in total. The summed E-state index contributed by atoms with van der Waals surface area (Å²) in [5.74, 6) is 0.766. The van der Waals surface area contributed by atoms with E-state index in [1.54, 1.807) is 24.3 Å². The minimum Gasteiger partial charge on any atom is -0.508 e. The first kappa shape index (κ1) is 31.0. The van der Waals surface area contributed by atoms with Crippen LogP contribution in [0.25, 0.3) is 22.6 Å². The van der Waals surface area contributed by atoms with Crippen LogP contribution in [-0.2, 0) is 0 Å². The number of aryl methyl sites for hydroxylation is 3. The molecule has 230 valence electrons. The van der Waals surface area contributed by atoms with Gasteiger partial charge in [0.2, 0.25) is 5.78 Å². The molecule has 2 aromatic heterocycles. The third kappa shape index (κ3) is 5.85. The first-order valence-corrected chi connectivity index (χ1v) is 14.9. The van der Waals surface area contributed by atoms with Crippen molar-refractivity contribution in [2.45, 2.75) is 47.1 Å². The average Bonchev–Trinajstić information content (AvgIpc) is 3.35.